The molecule has 0 radical (unpaired) electrons. The monoisotopic (exact) mass is 150 g/mol. The largest absolute Gasteiger partial charge is 0.299 e. The van der Waals surface area contributed by atoms with Crippen molar-refractivity contribution in [2.75, 3.05) is 0 Å². The number of fused-ring (bicyclic) bond motifs is 2. The standard InChI is InChI=1S/C10H14O/c1-7(11)10(2)6-8-3-4-9(10)5-8/h3-4,8-9H,5-6H2,1-2H3/t8?,9-,10+/m0/s1. The van der Waals surface area contributed by atoms with E-state index in [1.807, 2.05) is 0 Å². The van der Waals surface area contributed by atoms with E-state index < -0.39 is 0 Å². The van der Waals surface area contributed by atoms with Crippen LogP contribution in [0.4, 0.5) is 0 Å². The first-order chi connectivity index (χ1) is 5.13. The molecule has 2 aliphatic rings. The van der Waals surface area contributed by atoms with E-state index in [9.17, 15) is 4.79 Å². The molecular weight excluding hydrogens is 136 g/mol. The van der Waals surface area contributed by atoms with Crippen LogP contribution in [0.3, 0.4) is 0 Å². The summed E-state index contributed by atoms with van der Waals surface area (Å²) >= 11 is 0. The number of Topliss-reactive ketones (excluding diaryl/α,β-unsaturated/α-hetero) is 1. The molecular formula is C10H14O. The zero-order chi connectivity index (χ0) is 8.06. The summed E-state index contributed by atoms with van der Waals surface area (Å²) in [6, 6.07) is 0. The minimum absolute atomic E-state index is 0.0145. The number of allylic oxidation sites excluding steroid dienone is 2. The Morgan fingerprint density at radius 1 is 1.55 bits per heavy atom. The highest BCUT2D eigenvalue weighted by molar-refractivity contribution is 5.83. The maximum absolute atomic E-state index is 11.3. The second-order valence-corrected chi connectivity index (χ2v) is 4.16. The van der Waals surface area contributed by atoms with Crippen LogP contribution in [-0.2, 0) is 4.79 Å². The lowest BCUT2D eigenvalue weighted by molar-refractivity contribution is -0.126. The first-order valence-electron chi connectivity index (χ1n) is 4.32. The van der Waals surface area contributed by atoms with Crippen molar-refractivity contribution in [3.05, 3.63) is 12.2 Å². The molecule has 0 aliphatic heterocycles. The first kappa shape index (κ1) is 7.08. The summed E-state index contributed by atoms with van der Waals surface area (Å²) in [6.45, 7) is 3.85. The summed E-state index contributed by atoms with van der Waals surface area (Å²) in [4.78, 5) is 11.3. The zero-order valence-electron chi connectivity index (χ0n) is 7.13. The molecule has 0 N–H and O–H groups in total. The molecule has 0 aromatic rings. The Bertz CT molecular complexity index is 229. The van der Waals surface area contributed by atoms with Gasteiger partial charge in [0.05, 0.1) is 0 Å². The van der Waals surface area contributed by atoms with Gasteiger partial charge < -0.3 is 0 Å². The summed E-state index contributed by atoms with van der Waals surface area (Å²) in [5.74, 6) is 1.62. The Balaban J connectivity index is 2.30. The van der Waals surface area contributed by atoms with Crippen molar-refractivity contribution in [3.8, 4) is 0 Å². The SMILES string of the molecule is CC(=O)[C@@]1(C)CC2C=C[C@H]1C2. The van der Waals surface area contributed by atoms with E-state index in [1.54, 1.807) is 6.92 Å². The summed E-state index contributed by atoms with van der Waals surface area (Å²) < 4.78 is 0. The number of ketones is 1. The van der Waals surface area contributed by atoms with Gasteiger partial charge in [0.1, 0.15) is 5.78 Å². The van der Waals surface area contributed by atoms with Gasteiger partial charge in [-0.25, -0.2) is 0 Å². The zero-order valence-corrected chi connectivity index (χ0v) is 7.13. The smallest absolute Gasteiger partial charge is 0.136 e. The fraction of sp³-hybridized carbons (Fsp3) is 0.700. The minimum atomic E-state index is -0.0145. The lowest BCUT2D eigenvalue weighted by Gasteiger charge is -2.27. The van der Waals surface area contributed by atoms with Gasteiger partial charge in [0.25, 0.3) is 0 Å². The second-order valence-electron chi connectivity index (χ2n) is 4.16. The Morgan fingerprint density at radius 2 is 2.27 bits per heavy atom. The molecule has 1 nitrogen and oxygen atoms in total. The summed E-state index contributed by atoms with van der Waals surface area (Å²) in [6.07, 6.45) is 6.81. The molecule has 0 aromatic carbocycles. The molecule has 60 valence electrons. The van der Waals surface area contributed by atoms with Crippen molar-refractivity contribution in [2.45, 2.75) is 26.7 Å². The maximum Gasteiger partial charge on any atom is 0.136 e. The molecule has 0 amide bonds. The number of carbonyl (C=O) groups is 1. The summed E-state index contributed by atoms with van der Waals surface area (Å²) in [7, 11) is 0. The van der Waals surface area contributed by atoms with Crippen molar-refractivity contribution in [1.29, 1.82) is 0 Å². The van der Waals surface area contributed by atoms with Crippen LogP contribution in [0.25, 0.3) is 0 Å². The van der Waals surface area contributed by atoms with Crippen LogP contribution in [0, 0.1) is 17.3 Å². The lowest BCUT2D eigenvalue weighted by Crippen LogP contribution is -2.29. The van der Waals surface area contributed by atoms with Gasteiger partial charge in [0.15, 0.2) is 0 Å². The Labute approximate surface area is 67.5 Å². The quantitative estimate of drug-likeness (QED) is 0.523. The van der Waals surface area contributed by atoms with Gasteiger partial charge in [-0.1, -0.05) is 19.1 Å². The average molecular weight is 150 g/mol. The van der Waals surface area contributed by atoms with Crippen LogP contribution in [0.5, 0.6) is 0 Å². The van der Waals surface area contributed by atoms with Crippen molar-refractivity contribution in [2.24, 2.45) is 17.3 Å². The average Bonchev–Trinajstić information content (AvgIpc) is 2.45. The molecule has 2 rings (SSSR count). The molecule has 11 heavy (non-hydrogen) atoms. The van der Waals surface area contributed by atoms with Gasteiger partial charge in [0, 0.05) is 5.41 Å². The van der Waals surface area contributed by atoms with Gasteiger partial charge >= 0.3 is 0 Å². The van der Waals surface area contributed by atoms with Crippen LogP contribution in [-0.4, -0.2) is 5.78 Å². The van der Waals surface area contributed by atoms with Crippen molar-refractivity contribution < 1.29 is 4.79 Å². The number of hydrogen-bond donors (Lipinski definition) is 0. The van der Waals surface area contributed by atoms with Gasteiger partial charge in [-0.15, -0.1) is 0 Å². The molecule has 0 spiro atoms. The van der Waals surface area contributed by atoms with Crippen molar-refractivity contribution in [3.63, 3.8) is 0 Å². The third-order valence-electron chi connectivity index (χ3n) is 3.48. The van der Waals surface area contributed by atoms with Crippen LogP contribution in [0.1, 0.15) is 26.7 Å². The third-order valence-corrected chi connectivity index (χ3v) is 3.48. The fourth-order valence-electron chi connectivity index (χ4n) is 2.50. The fourth-order valence-corrected chi connectivity index (χ4v) is 2.50. The molecule has 3 atom stereocenters. The van der Waals surface area contributed by atoms with Crippen molar-refractivity contribution in [1.82, 2.24) is 0 Å². The van der Waals surface area contributed by atoms with Gasteiger partial charge in [-0.05, 0) is 31.6 Å². The molecule has 0 heterocycles. The summed E-state index contributed by atoms with van der Waals surface area (Å²) in [5, 5.41) is 0. The number of carbonyl (C=O) groups excluding carboxylic acids is 1. The van der Waals surface area contributed by atoms with E-state index in [1.165, 1.54) is 6.42 Å². The maximum atomic E-state index is 11.3. The van der Waals surface area contributed by atoms with E-state index in [0.29, 0.717) is 17.6 Å². The molecule has 2 aliphatic carbocycles. The van der Waals surface area contributed by atoms with Gasteiger partial charge in [-0.2, -0.15) is 0 Å². The van der Waals surface area contributed by atoms with Crippen LogP contribution < -0.4 is 0 Å². The van der Waals surface area contributed by atoms with E-state index in [4.69, 9.17) is 0 Å². The first-order valence-corrected chi connectivity index (χ1v) is 4.32. The molecule has 1 unspecified atom stereocenters. The van der Waals surface area contributed by atoms with Crippen LogP contribution in [0.2, 0.25) is 0 Å². The van der Waals surface area contributed by atoms with E-state index >= 15 is 0 Å². The Morgan fingerprint density at radius 3 is 2.55 bits per heavy atom. The van der Waals surface area contributed by atoms with Crippen molar-refractivity contribution >= 4 is 5.78 Å². The van der Waals surface area contributed by atoms with Gasteiger partial charge in [-0.3, -0.25) is 4.79 Å². The topological polar surface area (TPSA) is 17.1 Å². The highest BCUT2D eigenvalue weighted by atomic mass is 16.1. The van der Waals surface area contributed by atoms with Crippen LogP contribution >= 0.6 is 0 Å². The molecule has 1 fully saturated rings. The molecule has 1 heteroatoms. The minimum Gasteiger partial charge on any atom is -0.299 e. The third kappa shape index (κ3) is 0.800. The lowest BCUT2D eigenvalue weighted by atomic mass is 9.75. The van der Waals surface area contributed by atoms with Crippen LogP contribution in [0.15, 0.2) is 12.2 Å². The second kappa shape index (κ2) is 1.96. The predicted molar refractivity (Wildman–Crippen MR) is 44.1 cm³/mol. The molecule has 1 saturated carbocycles. The highest BCUT2D eigenvalue weighted by Crippen LogP contribution is 2.52. The molecule has 0 saturated heterocycles. The van der Waals surface area contributed by atoms with E-state index in [2.05, 4.69) is 19.1 Å². The molecule has 2 bridgehead atoms. The number of rotatable bonds is 1. The van der Waals surface area contributed by atoms with E-state index in [-0.39, 0.29) is 5.41 Å². The van der Waals surface area contributed by atoms with Gasteiger partial charge in [0.2, 0.25) is 0 Å². The predicted octanol–water partition coefficient (Wildman–Crippen LogP) is 2.18. The molecule has 0 aromatic heterocycles. The number of hydrogen-bond acceptors (Lipinski definition) is 1. The normalized spacial score (nSPS) is 46.7. The summed E-state index contributed by atoms with van der Waals surface area (Å²) in [5.41, 5.74) is -0.0145. The Hall–Kier alpha value is -0.590. The highest BCUT2D eigenvalue weighted by Gasteiger charge is 2.47. The van der Waals surface area contributed by atoms with E-state index in [0.717, 1.165) is 6.42 Å². The Kier molecular flexibility index (Phi) is 1.26.